The number of hydrogen-bond acceptors (Lipinski definition) is 3. The van der Waals surface area contributed by atoms with E-state index in [1.807, 2.05) is 4.90 Å². The zero-order chi connectivity index (χ0) is 16.4. The molecule has 2 aliphatic rings. The summed E-state index contributed by atoms with van der Waals surface area (Å²) in [4.78, 5) is 14.8. The van der Waals surface area contributed by atoms with Gasteiger partial charge in [0.05, 0.1) is 0 Å². The first kappa shape index (κ1) is 16.2. The van der Waals surface area contributed by atoms with Crippen molar-refractivity contribution < 1.29 is 18.3 Å². The molecule has 23 heavy (non-hydrogen) atoms. The van der Waals surface area contributed by atoms with Gasteiger partial charge in [0.15, 0.2) is 5.69 Å². The second-order valence-electron chi connectivity index (χ2n) is 6.48. The van der Waals surface area contributed by atoms with Gasteiger partial charge in [-0.1, -0.05) is 19.3 Å². The van der Waals surface area contributed by atoms with E-state index in [1.165, 1.54) is 37.1 Å². The van der Waals surface area contributed by atoms with E-state index in [1.54, 1.807) is 0 Å². The van der Waals surface area contributed by atoms with E-state index >= 15 is 0 Å². The summed E-state index contributed by atoms with van der Waals surface area (Å²) >= 11 is 0. The van der Waals surface area contributed by atoms with Crippen molar-refractivity contribution in [2.24, 2.45) is 13.0 Å². The molecule has 0 spiro atoms. The van der Waals surface area contributed by atoms with Crippen molar-refractivity contribution in [1.82, 2.24) is 14.7 Å². The summed E-state index contributed by atoms with van der Waals surface area (Å²) in [6, 6.07) is 1.58. The van der Waals surface area contributed by atoms with Gasteiger partial charge < -0.3 is 9.64 Å². The number of aromatic nitrogens is 2. The lowest BCUT2D eigenvalue weighted by atomic mass is 9.81. The Bertz CT molecular complexity index is 562. The molecule has 2 fully saturated rings. The quantitative estimate of drug-likeness (QED) is 0.856. The van der Waals surface area contributed by atoms with Crippen molar-refractivity contribution in [3.8, 4) is 5.88 Å². The zero-order valence-corrected chi connectivity index (χ0v) is 13.4. The van der Waals surface area contributed by atoms with Crippen LogP contribution in [0.4, 0.5) is 8.78 Å². The van der Waals surface area contributed by atoms with E-state index in [9.17, 15) is 13.6 Å². The maximum atomic E-state index is 12.9. The molecule has 1 aliphatic carbocycles. The summed E-state index contributed by atoms with van der Waals surface area (Å²) in [5.41, 5.74) is 0.189. The van der Waals surface area contributed by atoms with Crippen LogP contribution in [0.1, 0.15) is 55.4 Å². The number of likely N-dealkylation sites (tertiary alicyclic amines) is 1. The predicted molar refractivity (Wildman–Crippen MR) is 80.5 cm³/mol. The van der Waals surface area contributed by atoms with Gasteiger partial charge in [-0.05, 0) is 31.6 Å². The minimum Gasteiger partial charge on any atom is -0.417 e. The van der Waals surface area contributed by atoms with E-state index < -0.39 is 6.61 Å². The first-order valence-electron chi connectivity index (χ1n) is 8.36. The molecular formula is C16H23F2N3O2. The minimum atomic E-state index is -2.92. The van der Waals surface area contributed by atoms with Crippen molar-refractivity contribution >= 4 is 5.91 Å². The Balaban J connectivity index is 1.80. The molecule has 2 atom stereocenters. The summed E-state index contributed by atoms with van der Waals surface area (Å²) in [7, 11) is 1.50. The average molecular weight is 327 g/mol. The van der Waals surface area contributed by atoms with E-state index in [-0.39, 0.29) is 23.5 Å². The van der Waals surface area contributed by atoms with Gasteiger partial charge in [0.25, 0.3) is 5.91 Å². The van der Waals surface area contributed by atoms with Crippen molar-refractivity contribution in [3.63, 3.8) is 0 Å². The van der Waals surface area contributed by atoms with Crippen LogP contribution < -0.4 is 4.74 Å². The van der Waals surface area contributed by atoms with Crippen molar-refractivity contribution in [3.05, 3.63) is 11.8 Å². The van der Waals surface area contributed by atoms with Crippen molar-refractivity contribution in [2.45, 2.75) is 57.6 Å². The van der Waals surface area contributed by atoms with Crippen LogP contribution in [0, 0.1) is 5.92 Å². The molecule has 0 aromatic carbocycles. The highest BCUT2D eigenvalue weighted by atomic mass is 19.3. The van der Waals surface area contributed by atoms with E-state index in [4.69, 9.17) is 0 Å². The fourth-order valence-electron chi connectivity index (χ4n) is 3.95. The molecule has 0 radical (unpaired) electrons. The summed E-state index contributed by atoms with van der Waals surface area (Å²) in [5.74, 6) is 0.317. The summed E-state index contributed by atoms with van der Waals surface area (Å²) in [6.45, 7) is -2.20. The van der Waals surface area contributed by atoms with Gasteiger partial charge in [-0.2, -0.15) is 13.9 Å². The number of ether oxygens (including phenoxy) is 1. The van der Waals surface area contributed by atoms with Crippen LogP contribution in [0.3, 0.4) is 0 Å². The molecule has 7 heteroatoms. The monoisotopic (exact) mass is 327 g/mol. The van der Waals surface area contributed by atoms with Gasteiger partial charge >= 0.3 is 6.61 Å². The molecule has 0 bridgehead atoms. The Morgan fingerprint density at radius 3 is 2.70 bits per heavy atom. The van der Waals surface area contributed by atoms with E-state index in [0.29, 0.717) is 5.92 Å². The molecule has 1 aromatic heterocycles. The standard InChI is InChI=1S/C16H23F2N3O2/c1-20-14(23-16(17)18)10-12(19-20)15(22)21-9-5-4-7-11-6-2-3-8-13(11)21/h10-11,13,16H,2-9H2,1H3/t11-,13+/m0/s1. The second kappa shape index (κ2) is 6.84. The lowest BCUT2D eigenvalue weighted by molar-refractivity contribution is -0.0553. The number of amides is 1. The number of aryl methyl sites for hydroxylation is 1. The van der Waals surface area contributed by atoms with E-state index in [2.05, 4.69) is 9.84 Å². The maximum Gasteiger partial charge on any atom is 0.388 e. The molecular weight excluding hydrogens is 304 g/mol. The summed E-state index contributed by atoms with van der Waals surface area (Å²) < 4.78 is 30.3. The highest BCUT2D eigenvalue weighted by molar-refractivity contribution is 5.93. The first-order chi connectivity index (χ1) is 11.1. The molecule has 0 unspecified atom stereocenters. The van der Waals surface area contributed by atoms with Crippen LogP contribution in [-0.4, -0.2) is 39.8 Å². The van der Waals surface area contributed by atoms with Gasteiger partial charge in [-0.25, -0.2) is 4.68 Å². The number of fused-ring (bicyclic) bond motifs is 1. The number of hydrogen-bond donors (Lipinski definition) is 0. The Kier molecular flexibility index (Phi) is 4.82. The number of nitrogens with zero attached hydrogens (tertiary/aromatic N) is 3. The smallest absolute Gasteiger partial charge is 0.388 e. The van der Waals surface area contributed by atoms with Gasteiger partial charge in [0.1, 0.15) is 0 Å². The summed E-state index contributed by atoms with van der Waals surface area (Å²) in [5, 5.41) is 4.07. The fourth-order valence-corrected chi connectivity index (χ4v) is 3.95. The predicted octanol–water partition coefficient (Wildman–Crippen LogP) is 3.21. The van der Waals surface area contributed by atoms with Gasteiger partial charge in [0, 0.05) is 25.7 Å². The first-order valence-corrected chi connectivity index (χ1v) is 8.36. The van der Waals surface area contributed by atoms with Crippen LogP contribution in [0.15, 0.2) is 6.07 Å². The molecule has 128 valence electrons. The molecule has 1 amide bonds. The van der Waals surface area contributed by atoms with Crippen LogP contribution in [-0.2, 0) is 7.05 Å². The lowest BCUT2D eigenvalue weighted by Crippen LogP contribution is -2.45. The Hall–Kier alpha value is -1.66. The fraction of sp³-hybridized carbons (Fsp3) is 0.750. The molecule has 5 nitrogen and oxygen atoms in total. The highest BCUT2D eigenvalue weighted by Crippen LogP contribution is 2.35. The zero-order valence-electron chi connectivity index (χ0n) is 13.4. The normalized spacial score (nSPS) is 25.1. The van der Waals surface area contributed by atoms with Gasteiger partial charge in [-0.15, -0.1) is 0 Å². The van der Waals surface area contributed by atoms with Crippen LogP contribution in [0.2, 0.25) is 0 Å². The molecule has 1 saturated carbocycles. The average Bonchev–Trinajstić information content (AvgIpc) is 2.76. The number of alkyl halides is 2. The Morgan fingerprint density at radius 1 is 1.26 bits per heavy atom. The largest absolute Gasteiger partial charge is 0.417 e. The van der Waals surface area contributed by atoms with Crippen LogP contribution >= 0.6 is 0 Å². The van der Waals surface area contributed by atoms with Crippen molar-refractivity contribution in [1.29, 1.82) is 0 Å². The molecule has 3 rings (SSSR count). The summed E-state index contributed by atoms with van der Waals surface area (Å²) in [6.07, 6.45) is 7.90. The SMILES string of the molecule is Cn1nc(C(=O)N2CCCC[C@@H]3CCCC[C@H]32)cc1OC(F)F. The third-order valence-electron chi connectivity index (χ3n) is 5.02. The van der Waals surface area contributed by atoms with Crippen molar-refractivity contribution in [2.75, 3.05) is 6.54 Å². The molecule has 1 saturated heterocycles. The molecule has 1 aromatic rings. The van der Waals surface area contributed by atoms with Gasteiger partial charge in [0.2, 0.25) is 5.88 Å². The number of carbonyl (C=O) groups is 1. The Labute approximate surface area is 134 Å². The van der Waals surface area contributed by atoms with Crippen LogP contribution in [0.25, 0.3) is 0 Å². The topological polar surface area (TPSA) is 47.4 Å². The molecule has 1 aliphatic heterocycles. The molecule has 2 heterocycles. The Morgan fingerprint density at radius 2 is 1.96 bits per heavy atom. The second-order valence-corrected chi connectivity index (χ2v) is 6.48. The minimum absolute atomic E-state index is 0.0848. The highest BCUT2D eigenvalue weighted by Gasteiger charge is 2.35. The molecule has 0 N–H and O–H groups in total. The third-order valence-corrected chi connectivity index (χ3v) is 5.02. The van der Waals surface area contributed by atoms with E-state index in [0.717, 1.165) is 32.2 Å². The van der Waals surface area contributed by atoms with Crippen LogP contribution in [0.5, 0.6) is 5.88 Å². The number of carbonyl (C=O) groups excluding carboxylic acids is 1. The third kappa shape index (κ3) is 3.48. The maximum absolute atomic E-state index is 12.9. The lowest BCUT2D eigenvalue weighted by Gasteiger charge is -2.37. The van der Waals surface area contributed by atoms with Gasteiger partial charge in [-0.3, -0.25) is 4.79 Å². The number of rotatable bonds is 3. The number of halogens is 2.